The maximum absolute atomic E-state index is 4.97. The Hall–Kier alpha value is -2.93. The Morgan fingerprint density at radius 1 is 0.577 bits per heavy atom. The standard InChI is InChI=1S/C25H21N/c1-2-8-18(9-3-1)19-14-16-20(17-15-19)25-21-10-4-6-12-23(21)26-24-13-7-5-11-22(24)25/h1-4,6,8-10,12,14-17H,5,7,11,13H2. The lowest BCUT2D eigenvalue weighted by atomic mass is 9.86. The lowest BCUT2D eigenvalue weighted by Gasteiger charge is -2.21. The highest BCUT2D eigenvalue weighted by molar-refractivity contribution is 5.97. The van der Waals surface area contributed by atoms with Crippen LogP contribution in [0.4, 0.5) is 0 Å². The molecule has 126 valence electrons. The molecule has 0 saturated carbocycles. The molecule has 0 spiro atoms. The van der Waals surface area contributed by atoms with Gasteiger partial charge in [-0.3, -0.25) is 4.98 Å². The quantitative estimate of drug-likeness (QED) is 0.410. The minimum Gasteiger partial charge on any atom is -0.253 e. The molecule has 5 rings (SSSR count). The van der Waals surface area contributed by atoms with Crippen LogP contribution >= 0.6 is 0 Å². The Labute approximate surface area is 154 Å². The molecular weight excluding hydrogens is 314 g/mol. The lowest BCUT2D eigenvalue weighted by Crippen LogP contribution is -2.08. The first kappa shape index (κ1) is 15.3. The van der Waals surface area contributed by atoms with Crippen molar-refractivity contribution in [2.24, 2.45) is 0 Å². The second-order valence-electron chi connectivity index (χ2n) is 7.08. The Bertz CT molecular complexity index is 1060. The maximum atomic E-state index is 4.97. The molecule has 1 heteroatoms. The van der Waals surface area contributed by atoms with Gasteiger partial charge in [0.1, 0.15) is 0 Å². The number of pyridine rings is 1. The van der Waals surface area contributed by atoms with Crippen molar-refractivity contribution in [2.45, 2.75) is 25.7 Å². The molecule has 0 atom stereocenters. The van der Waals surface area contributed by atoms with Crippen molar-refractivity contribution in [1.29, 1.82) is 0 Å². The second kappa shape index (κ2) is 6.42. The van der Waals surface area contributed by atoms with Crippen LogP contribution < -0.4 is 0 Å². The first-order chi connectivity index (χ1) is 12.9. The van der Waals surface area contributed by atoms with Gasteiger partial charge in [0.2, 0.25) is 0 Å². The molecule has 0 amide bonds. The third-order valence-corrected chi connectivity index (χ3v) is 5.45. The minimum absolute atomic E-state index is 1.11. The number of para-hydroxylation sites is 1. The molecule has 0 unspecified atom stereocenters. The maximum Gasteiger partial charge on any atom is 0.0711 e. The third-order valence-electron chi connectivity index (χ3n) is 5.45. The van der Waals surface area contributed by atoms with Gasteiger partial charge in [0, 0.05) is 11.1 Å². The van der Waals surface area contributed by atoms with E-state index in [1.807, 2.05) is 0 Å². The minimum atomic E-state index is 1.11. The average Bonchev–Trinajstić information content (AvgIpc) is 2.73. The Morgan fingerprint density at radius 3 is 2.08 bits per heavy atom. The molecule has 0 fully saturated rings. The predicted octanol–water partition coefficient (Wildman–Crippen LogP) is 6.45. The fraction of sp³-hybridized carbons (Fsp3) is 0.160. The van der Waals surface area contributed by atoms with Gasteiger partial charge in [0.25, 0.3) is 0 Å². The highest BCUT2D eigenvalue weighted by atomic mass is 14.7. The summed E-state index contributed by atoms with van der Waals surface area (Å²) in [7, 11) is 0. The van der Waals surface area contributed by atoms with Crippen LogP contribution in [0.1, 0.15) is 24.1 Å². The number of rotatable bonds is 2. The monoisotopic (exact) mass is 335 g/mol. The van der Waals surface area contributed by atoms with E-state index in [1.165, 1.54) is 51.7 Å². The molecule has 0 saturated heterocycles. The van der Waals surface area contributed by atoms with E-state index in [1.54, 1.807) is 0 Å². The van der Waals surface area contributed by atoms with Crippen LogP contribution in [0, 0.1) is 0 Å². The summed E-state index contributed by atoms with van der Waals surface area (Å²) in [6, 6.07) is 28.2. The second-order valence-corrected chi connectivity index (χ2v) is 7.08. The molecule has 26 heavy (non-hydrogen) atoms. The van der Waals surface area contributed by atoms with E-state index in [-0.39, 0.29) is 0 Å². The first-order valence-corrected chi connectivity index (χ1v) is 9.46. The van der Waals surface area contributed by atoms with E-state index in [0.717, 1.165) is 18.4 Å². The molecular formula is C25H21N. The van der Waals surface area contributed by atoms with Crippen LogP contribution in [-0.2, 0) is 12.8 Å². The zero-order chi connectivity index (χ0) is 17.3. The summed E-state index contributed by atoms with van der Waals surface area (Å²) in [5.41, 5.74) is 9.11. The molecule has 0 radical (unpaired) electrons. The Kier molecular flexibility index (Phi) is 3.79. The van der Waals surface area contributed by atoms with E-state index < -0.39 is 0 Å². The van der Waals surface area contributed by atoms with Gasteiger partial charge in [0.15, 0.2) is 0 Å². The van der Waals surface area contributed by atoms with Crippen LogP contribution in [0.25, 0.3) is 33.2 Å². The smallest absolute Gasteiger partial charge is 0.0711 e. The molecule has 0 N–H and O–H groups in total. The fourth-order valence-corrected chi connectivity index (χ4v) is 4.16. The van der Waals surface area contributed by atoms with E-state index in [2.05, 4.69) is 78.9 Å². The van der Waals surface area contributed by atoms with Crippen LogP contribution in [0.3, 0.4) is 0 Å². The number of nitrogens with zero attached hydrogens (tertiary/aromatic N) is 1. The van der Waals surface area contributed by atoms with Crippen molar-refractivity contribution in [1.82, 2.24) is 4.98 Å². The van der Waals surface area contributed by atoms with E-state index in [4.69, 9.17) is 4.98 Å². The molecule has 1 heterocycles. The molecule has 0 bridgehead atoms. The van der Waals surface area contributed by atoms with Crippen molar-refractivity contribution in [3.05, 3.63) is 90.1 Å². The largest absolute Gasteiger partial charge is 0.253 e. The van der Waals surface area contributed by atoms with Gasteiger partial charge in [-0.2, -0.15) is 0 Å². The summed E-state index contributed by atoms with van der Waals surface area (Å²) in [6.07, 6.45) is 4.77. The molecule has 0 aliphatic heterocycles. The van der Waals surface area contributed by atoms with E-state index >= 15 is 0 Å². The SMILES string of the molecule is c1ccc(-c2ccc(-c3c4c(nc5ccccc35)CCCC4)cc2)cc1. The van der Waals surface area contributed by atoms with Gasteiger partial charge in [-0.1, -0.05) is 72.8 Å². The van der Waals surface area contributed by atoms with Crippen molar-refractivity contribution in [3.63, 3.8) is 0 Å². The van der Waals surface area contributed by atoms with Crippen molar-refractivity contribution in [2.75, 3.05) is 0 Å². The Balaban J connectivity index is 1.69. The molecule has 1 aromatic heterocycles. The summed E-state index contributed by atoms with van der Waals surface area (Å²) in [6.45, 7) is 0. The van der Waals surface area contributed by atoms with Gasteiger partial charge in [0.05, 0.1) is 5.52 Å². The van der Waals surface area contributed by atoms with Gasteiger partial charge in [-0.15, -0.1) is 0 Å². The van der Waals surface area contributed by atoms with Crippen LogP contribution in [0.5, 0.6) is 0 Å². The van der Waals surface area contributed by atoms with Gasteiger partial charge >= 0.3 is 0 Å². The van der Waals surface area contributed by atoms with E-state index in [9.17, 15) is 0 Å². The van der Waals surface area contributed by atoms with Crippen molar-refractivity contribution < 1.29 is 0 Å². The molecule has 1 aliphatic carbocycles. The average molecular weight is 335 g/mol. The highest BCUT2D eigenvalue weighted by Gasteiger charge is 2.19. The van der Waals surface area contributed by atoms with E-state index in [0.29, 0.717) is 0 Å². The topological polar surface area (TPSA) is 12.9 Å². The zero-order valence-corrected chi connectivity index (χ0v) is 14.8. The molecule has 1 aliphatic rings. The summed E-state index contributed by atoms with van der Waals surface area (Å²) in [4.78, 5) is 4.97. The summed E-state index contributed by atoms with van der Waals surface area (Å²) >= 11 is 0. The number of hydrogen-bond donors (Lipinski definition) is 0. The number of fused-ring (bicyclic) bond motifs is 2. The lowest BCUT2D eigenvalue weighted by molar-refractivity contribution is 0.672. The number of aryl methyl sites for hydroxylation is 1. The first-order valence-electron chi connectivity index (χ1n) is 9.46. The number of aromatic nitrogens is 1. The molecule has 3 aromatic carbocycles. The van der Waals surface area contributed by atoms with Gasteiger partial charge < -0.3 is 0 Å². The van der Waals surface area contributed by atoms with Crippen LogP contribution in [-0.4, -0.2) is 4.98 Å². The molecule has 4 aromatic rings. The number of benzene rings is 3. The predicted molar refractivity (Wildman–Crippen MR) is 109 cm³/mol. The third kappa shape index (κ3) is 2.61. The summed E-state index contributed by atoms with van der Waals surface area (Å²) in [5, 5.41) is 1.28. The number of hydrogen-bond acceptors (Lipinski definition) is 1. The van der Waals surface area contributed by atoms with Crippen LogP contribution in [0.2, 0.25) is 0 Å². The van der Waals surface area contributed by atoms with Crippen LogP contribution in [0.15, 0.2) is 78.9 Å². The Morgan fingerprint density at radius 2 is 1.23 bits per heavy atom. The van der Waals surface area contributed by atoms with Gasteiger partial charge in [-0.05, 0) is 59.6 Å². The van der Waals surface area contributed by atoms with Crippen molar-refractivity contribution >= 4 is 10.9 Å². The zero-order valence-electron chi connectivity index (χ0n) is 14.8. The molecule has 1 nitrogen and oxygen atoms in total. The fourth-order valence-electron chi connectivity index (χ4n) is 4.16. The normalized spacial score (nSPS) is 13.5. The summed E-state index contributed by atoms with van der Waals surface area (Å²) in [5.74, 6) is 0. The summed E-state index contributed by atoms with van der Waals surface area (Å²) < 4.78 is 0. The van der Waals surface area contributed by atoms with Gasteiger partial charge in [-0.25, -0.2) is 0 Å². The highest BCUT2D eigenvalue weighted by Crippen LogP contribution is 2.37. The van der Waals surface area contributed by atoms with Crippen molar-refractivity contribution in [3.8, 4) is 22.3 Å².